The zero-order valence-electron chi connectivity index (χ0n) is 9.73. The number of ketones is 1. The molecule has 84 valence electrons. The maximum atomic E-state index is 11.9. The number of hydrogen-bond acceptors (Lipinski definition) is 1. The van der Waals surface area contributed by atoms with Crippen molar-refractivity contribution in [2.75, 3.05) is 13.1 Å². The Balaban J connectivity index is 1.98. The Kier molecular flexibility index (Phi) is 3.50. The Morgan fingerprint density at radius 2 is 2.12 bits per heavy atom. The monoisotopic (exact) mass is 216 g/mol. The molecule has 0 spiro atoms. The molecule has 1 aromatic rings. The highest BCUT2D eigenvalue weighted by Crippen LogP contribution is 2.10. The van der Waals surface area contributed by atoms with Crippen LogP contribution in [0.25, 0.3) is 0 Å². The van der Waals surface area contributed by atoms with Crippen molar-refractivity contribution in [1.29, 1.82) is 0 Å². The van der Waals surface area contributed by atoms with Gasteiger partial charge in [0.05, 0.1) is 0 Å². The molecule has 2 nitrogen and oxygen atoms in total. The molecule has 0 saturated heterocycles. The van der Waals surface area contributed by atoms with Gasteiger partial charge >= 0.3 is 0 Å². The van der Waals surface area contributed by atoms with Crippen LogP contribution in [-0.4, -0.2) is 29.7 Å². The Hall–Kier alpha value is -1.44. The van der Waals surface area contributed by atoms with Gasteiger partial charge in [-0.25, -0.2) is 4.58 Å². The third-order valence-electron chi connectivity index (χ3n) is 3.12. The largest absolute Gasteiger partial charge is 0.287 e. The summed E-state index contributed by atoms with van der Waals surface area (Å²) in [7, 11) is 0. The molecule has 0 saturated carbocycles. The molecule has 1 heterocycles. The Morgan fingerprint density at radius 3 is 2.75 bits per heavy atom. The predicted molar refractivity (Wildman–Crippen MR) is 65.2 cm³/mol. The minimum absolute atomic E-state index is 0.214. The molecule has 1 aliphatic rings. The molecule has 2 heteroatoms. The van der Waals surface area contributed by atoms with Crippen molar-refractivity contribution in [3.05, 3.63) is 35.9 Å². The fourth-order valence-electron chi connectivity index (χ4n) is 1.97. The smallest absolute Gasteiger partial charge is 0.227 e. The summed E-state index contributed by atoms with van der Waals surface area (Å²) in [4.78, 5) is 11.9. The van der Waals surface area contributed by atoms with Crippen LogP contribution in [0.4, 0.5) is 0 Å². The van der Waals surface area contributed by atoms with E-state index in [0.29, 0.717) is 6.54 Å². The van der Waals surface area contributed by atoms with E-state index in [-0.39, 0.29) is 5.78 Å². The zero-order valence-corrected chi connectivity index (χ0v) is 9.73. The molecule has 1 atom stereocenters. The van der Waals surface area contributed by atoms with Gasteiger partial charge in [-0.2, -0.15) is 0 Å². The van der Waals surface area contributed by atoms with Crippen molar-refractivity contribution >= 4 is 12.0 Å². The molecule has 0 aliphatic carbocycles. The number of benzene rings is 1. The summed E-state index contributed by atoms with van der Waals surface area (Å²) < 4.78 is 2.15. The van der Waals surface area contributed by atoms with Gasteiger partial charge in [0.1, 0.15) is 12.8 Å². The summed E-state index contributed by atoms with van der Waals surface area (Å²) in [6.45, 7) is 3.79. The topological polar surface area (TPSA) is 20.1 Å². The lowest BCUT2D eigenvalue weighted by Crippen LogP contribution is -2.28. The molecular formula is C14H18NO+. The lowest BCUT2D eigenvalue weighted by molar-refractivity contribution is -0.516. The molecule has 16 heavy (non-hydrogen) atoms. The molecule has 0 fully saturated rings. The predicted octanol–water partition coefficient (Wildman–Crippen LogP) is 2.38. The first-order valence-electron chi connectivity index (χ1n) is 5.91. The molecule has 1 aliphatic heterocycles. The van der Waals surface area contributed by atoms with Crippen LogP contribution in [0, 0.1) is 5.92 Å². The van der Waals surface area contributed by atoms with Crippen LogP contribution in [0.15, 0.2) is 30.3 Å². The number of carbonyl (C=O) groups is 1. The fraction of sp³-hybridized carbons (Fsp3) is 0.429. The van der Waals surface area contributed by atoms with Crippen molar-refractivity contribution in [1.82, 2.24) is 0 Å². The number of hydrogen-bond donors (Lipinski definition) is 0. The van der Waals surface area contributed by atoms with Crippen molar-refractivity contribution in [2.24, 2.45) is 5.92 Å². The van der Waals surface area contributed by atoms with Gasteiger partial charge in [-0.15, -0.1) is 0 Å². The van der Waals surface area contributed by atoms with E-state index in [0.717, 1.165) is 24.4 Å². The summed E-state index contributed by atoms with van der Waals surface area (Å²) in [6.07, 6.45) is 4.47. The Labute approximate surface area is 96.6 Å². The Bertz CT molecular complexity index is 394. The second kappa shape index (κ2) is 5.06. The first-order valence-corrected chi connectivity index (χ1v) is 5.91. The number of carbonyl (C=O) groups excluding carboxylic acids is 1. The molecule has 0 bridgehead atoms. The number of nitrogens with zero attached hydrogens (tertiary/aromatic N) is 1. The minimum atomic E-state index is 0.214. The average Bonchev–Trinajstić information content (AvgIpc) is 2.33. The van der Waals surface area contributed by atoms with Crippen LogP contribution in [-0.2, 0) is 0 Å². The summed E-state index contributed by atoms with van der Waals surface area (Å²) in [5.41, 5.74) is 0.814. The van der Waals surface area contributed by atoms with E-state index >= 15 is 0 Å². The van der Waals surface area contributed by atoms with E-state index in [4.69, 9.17) is 0 Å². The van der Waals surface area contributed by atoms with Crippen LogP contribution in [0.1, 0.15) is 30.1 Å². The van der Waals surface area contributed by atoms with Crippen LogP contribution in [0.5, 0.6) is 0 Å². The van der Waals surface area contributed by atoms with Gasteiger partial charge in [0.15, 0.2) is 0 Å². The van der Waals surface area contributed by atoms with Crippen molar-refractivity contribution in [2.45, 2.75) is 19.8 Å². The molecule has 0 N–H and O–H groups in total. The molecule has 2 rings (SSSR count). The van der Waals surface area contributed by atoms with E-state index in [1.165, 1.54) is 6.42 Å². The molecule has 0 radical (unpaired) electrons. The van der Waals surface area contributed by atoms with Gasteiger partial charge in [0.2, 0.25) is 12.3 Å². The first kappa shape index (κ1) is 11.1. The maximum Gasteiger partial charge on any atom is 0.227 e. The molecule has 1 unspecified atom stereocenters. The van der Waals surface area contributed by atoms with Gasteiger partial charge in [0, 0.05) is 18.4 Å². The minimum Gasteiger partial charge on any atom is -0.287 e. The van der Waals surface area contributed by atoms with Gasteiger partial charge in [-0.3, -0.25) is 4.79 Å². The third kappa shape index (κ3) is 2.78. The van der Waals surface area contributed by atoms with Crippen molar-refractivity contribution < 1.29 is 9.37 Å². The summed E-state index contributed by atoms with van der Waals surface area (Å²) in [5.74, 6) is 0.981. The van der Waals surface area contributed by atoms with E-state index < -0.39 is 0 Å². The summed E-state index contributed by atoms with van der Waals surface area (Å²) in [6, 6.07) is 9.53. The van der Waals surface area contributed by atoms with Gasteiger partial charge in [0.25, 0.3) is 0 Å². The van der Waals surface area contributed by atoms with Crippen molar-refractivity contribution in [3.8, 4) is 0 Å². The second-order valence-corrected chi connectivity index (χ2v) is 4.57. The van der Waals surface area contributed by atoms with E-state index in [2.05, 4.69) is 17.7 Å². The second-order valence-electron chi connectivity index (χ2n) is 4.57. The number of rotatable bonds is 3. The van der Waals surface area contributed by atoms with Crippen LogP contribution in [0.2, 0.25) is 0 Å². The van der Waals surface area contributed by atoms with Crippen molar-refractivity contribution in [3.63, 3.8) is 0 Å². The van der Waals surface area contributed by atoms with Gasteiger partial charge in [-0.1, -0.05) is 37.3 Å². The zero-order chi connectivity index (χ0) is 11.4. The Morgan fingerprint density at radius 1 is 1.38 bits per heavy atom. The van der Waals surface area contributed by atoms with E-state index in [9.17, 15) is 4.79 Å². The third-order valence-corrected chi connectivity index (χ3v) is 3.12. The van der Waals surface area contributed by atoms with Crippen LogP contribution < -0.4 is 0 Å². The molecule has 0 aromatic heterocycles. The average molecular weight is 216 g/mol. The molecular weight excluding hydrogens is 198 g/mol. The van der Waals surface area contributed by atoms with E-state index in [1.807, 2.05) is 30.3 Å². The lowest BCUT2D eigenvalue weighted by Gasteiger charge is -2.13. The first-order chi connectivity index (χ1) is 7.75. The molecule has 0 amide bonds. The normalized spacial score (nSPS) is 20.3. The van der Waals surface area contributed by atoms with Crippen LogP contribution >= 0.6 is 0 Å². The molecule has 1 aromatic carbocycles. The number of Topliss-reactive ketones (excluding diaryl/α,β-unsaturated/α-hetero) is 1. The summed E-state index contributed by atoms with van der Waals surface area (Å²) in [5, 5.41) is 0. The lowest BCUT2D eigenvalue weighted by atomic mass is 10.0. The maximum absolute atomic E-state index is 11.9. The van der Waals surface area contributed by atoms with Gasteiger partial charge in [-0.05, 0) is 5.92 Å². The fourth-order valence-corrected chi connectivity index (χ4v) is 1.97. The summed E-state index contributed by atoms with van der Waals surface area (Å²) >= 11 is 0. The highest BCUT2D eigenvalue weighted by atomic mass is 16.1. The van der Waals surface area contributed by atoms with E-state index in [1.54, 1.807) is 0 Å². The quantitative estimate of drug-likeness (QED) is 0.561. The van der Waals surface area contributed by atoms with Crippen LogP contribution in [0.3, 0.4) is 0 Å². The SMILES string of the molecule is CC1CC=[N+](CC(=O)c2ccccc2)CC1. The standard InChI is InChI=1S/C14H18NO/c1-12-7-9-15(10-8-12)11-14(16)13-5-3-2-4-6-13/h2-6,9,12H,7-8,10-11H2,1H3/q+1. The van der Waals surface area contributed by atoms with Gasteiger partial charge < -0.3 is 0 Å². The highest BCUT2D eigenvalue weighted by molar-refractivity contribution is 5.97. The highest BCUT2D eigenvalue weighted by Gasteiger charge is 2.18.